The molecule has 0 spiro atoms. The van der Waals surface area contributed by atoms with Crippen molar-refractivity contribution in [2.24, 2.45) is 16.5 Å². The molecule has 0 aliphatic heterocycles. The van der Waals surface area contributed by atoms with E-state index >= 15 is 0 Å². The van der Waals surface area contributed by atoms with E-state index in [4.69, 9.17) is 39.7 Å². The van der Waals surface area contributed by atoms with Crippen molar-refractivity contribution in [3.05, 3.63) is 63.6 Å². The summed E-state index contributed by atoms with van der Waals surface area (Å²) in [6.07, 6.45) is 10.5. The number of halogens is 2. The van der Waals surface area contributed by atoms with Crippen LogP contribution in [0.25, 0.3) is 0 Å². The number of hydrogen-bond acceptors (Lipinski definition) is 3. The molecule has 2 aromatic rings. The first-order valence-corrected chi connectivity index (χ1v) is 13.8. The maximum atomic E-state index is 11.9. The first-order chi connectivity index (χ1) is 17.4. The fraction of sp³-hybridized carbons (Fsp3) is 0.500. The Kier molecular flexibility index (Phi) is 9.52. The van der Waals surface area contributed by atoms with Crippen LogP contribution in [0.2, 0.25) is 10.0 Å². The number of guanidine groups is 1. The number of aliphatic imine (C=N–C) groups is 1. The highest BCUT2D eigenvalue weighted by molar-refractivity contribution is 6.35. The number of hydrogen-bond donors (Lipinski definition) is 4. The number of carbonyl (C=O) groups is 1. The van der Waals surface area contributed by atoms with Crippen molar-refractivity contribution in [3.8, 4) is 0 Å². The number of anilines is 1. The third-order valence-electron chi connectivity index (χ3n) is 7.26. The van der Waals surface area contributed by atoms with Crippen molar-refractivity contribution in [2.75, 3.05) is 5.32 Å². The maximum Gasteiger partial charge on any atom is 0.218 e. The molecule has 0 bridgehead atoms. The van der Waals surface area contributed by atoms with Gasteiger partial charge in [0, 0.05) is 40.2 Å². The van der Waals surface area contributed by atoms with E-state index in [0.29, 0.717) is 22.1 Å². The van der Waals surface area contributed by atoms with E-state index in [1.165, 1.54) is 19.3 Å². The van der Waals surface area contributed by atoms with Gasteiger partial charge in [0.25, 0.3) is 0 Å². The lowest BCUT2D eigenvalue weighted by Gasteiger charge is -2.29. The van der Waals surface area contributed by atoms with Crippen molar-refractivity contribution >= 4 is 40.8 Å². The summed E-state index contributed by atoms with van der Waals surface area (Å²) in [5.41, 5.74) is 14.5. The predicted molar refractivity (Wildman–Crippen MR) is 150 cm³/mol. The highest BCUT2D eigenvalue weighted by Crippen LogP contribution is 2.35. The molecule has 0 saturated heterocycles. The molecule has 4 rings (SSSR count). The number of nitrogens with one attached hydrogen (secondary N) is 2. The van der Waals surface area contributed by atoms with Gasteiger partial charge in [-0.05, 0) is 73.9 Å². The molecule has 6 nitrogen and oxygen atoms in total. The standard InChI is InChI=1S/C28H37Cl2N5O/c29-19-11-14-24(26(30)15-19)25(17-27(32)36)18-9-12-22(13-10-18)34-28(33-21-6-2-1-3-7-21)35-23-8-4-5-20(31)16-23/h9-15,20-21,23,25H,1-8,16-17,31H2,(H2,32,36)(H2,33,34,35). The van der Waals surface area contributed by atoms with E-state index < -0.39 is 0 Å². The van der Waals surface area contributed by atoms with Gasteiger partial charge in [-0.2, -0.15) is 0 Å². The van der Waals surface area contributed by atoms with E-state index in [0.717, 1.165) is 61.3 Å². The summed E-state index contributed by atoms with van der Waals surface area (Å²) in [5.74, 6) is 0.187. The molecule has 3 atom stereocenters. The summed E-state index contributed by atoms with van der Waals surface area (Å²) >= 11 is 12.6. The van der Waals surface area contributed by atoms with Crippen LogP contribution in [0.15, 0.2) is 47.5 Å². The first-order valence-electron chi connectivity index (χ1n) is 13.1. The van der Waals surface area contributed by atoms with Gasteiger partial charge in [0.1, 0.15) is 0 Å². The summed E-state index contributed by atoms with van der Waals surface area (Å²) in [4.78, 5) is 16.9. The third kappa shape index (κ3) is 7.61. The Morgan fingerprint density at radius 3 is 2.42 bits per heavy atom. The van der Waals surface area contributed by atoms with Gasteiger partial charge >= 0.3 is 0 Å². The van der Waals surface area contributed by atoms with Gasteiger partial charge < -0.3 is 22.1 Å². The Balaban J connectivity index is 1.53. The summed E-state index contributed by atoms with van der Waals surface area (Å²) in [5, 5.41) is 8.24. The van der Waals surface area contributed by atoms with Crippen molar-refractivity contribution in [1.29, 1.82) is 0 Å². The monoisotopic (exact) mass is 529 g/mol. The molecule has 0 radical (unpaired) electrons. The van der Waals surface area contributed by atoms with E-state index in [1.54, 1.807) is 12.1 Å². The molecule has 0 aromatic heterocycles. The molecule has 2 saturated carbocycles. The molecular formula is C28H37Cl2N5O. The summed E-state index contributed by atoms with van der Waals surface area (Å²) in [7, 11) is 0. The Morgan fingerprint density at radius 1 is 1.00 bits per heavy atom. The molecule has 0 heterocycles. The normalized spacial score (nSPS) is 22.1. The predicted octanol–water partition coefficient (Wildman–Crippen LogP) is 5.96. The minimum atomic E-state index is -0.384. The van der Waals surface area contributed by atoms with Crippen molar-refractivity contribution < 1.29 is 4.79 Å². The van der Waals surface area contributed by atoms with E-state index in [1.807, 2.05) is 30.3 Å². The highest BCUT2D eigenvalue weighted by Gasteiger charge is 2.22. The minimum Gasteiger partial charge on any atom is -0.370 e. The van der Waals surface area contributed by atoms with Crippen LogP contribution in [0.5, 0.6) is 0 Å². The Morgan fingerprint density at radius 2 is 1.75 bits per heavy atom. The van der Waals surface area contributed by atoms with Gasteiger partial charge in [0.15, 0.2) is 5.96 Å². The highest BCUT2D eigenvalue weighted by atomic mass is 35.5. The van der Waals surface area contributed by atoms with Gasteiger partial charge in [-0.15, -0.1) is 0 Å². The number of primary amides is 1. The van der Waals surface area contributed by atoms with Gasteiger partial charge in [-0.1, -0.05) is 60.7 Å². The number of nitrogens with zero attached hydrogens (tertiary/aromatic N) is 1. The second-order valence-corrected chi connectivity index (χ2v) is 11.0. The van der Waals surface area contributed by atoms with E-state index in [9.17, 15) is 4.79 Å². The average molecular weight is 531 g/mol. The van der Waals surface area contributed by atoms with Crippen molar-refractivity contribution in [2.45, 2.75) is 88.3 Å². The molecule has 6 N–H and O–H groups in total. The topological polar surface area (TPSA) is 106 Å². The molecular weight excluding hydrogens is 493 g/mol. The zero-order valence-corrected chi connectivity index (χ0v) is 22.2. The average Bonchev–Trinajstić information content (AvgIpc) is 2.84. The van der Waals surface area contributed by atoms with Crippen LogP contribution in [0.3, 0.4) is 0 Å². The molecule has 3 unspecified atom stereocenters. The number of rotatable bonds is 7. The summed E-state index contributed by atoms with van der Waals surface area (Å²) in [6, 6.07) is 14.3. The van der Waals surface area contributed by atoms with Crippen molar-refractivity contribution in [3.63, 3.8) is 0 Å². The van der Waals surface area contributed by atoms with Crippen LogP contribution in [-0.4, -0.2) is 30.0 Å². The van der Waals surface area contributed by atoms with Crippen LogP contribution in [0, 0.1) is 0 Å². The van der Waals surface area contributed by atoms with Crippen LogP contribution in [0.1, 0.15) is 81.3 Å². The van der Waals surface area contributed by atoms with E-state index in [2.05, 4.69) is 10.6 Å². The van der Waals surface area contributed by atoms with Crippen LogP contribution in [0.4, 0.5) is 5.69 Å². The van der Waals surface area contributed by atoms with Gasteiger partial charge in [-0.25, -0.2) is 4.99 Å². The Bertz CT molecular complexity index is 1050. The quantitative estimate of drug-likeness (QED) is 0.262. The number of carbonyl (C=O) groups excluding carboxylic acids is 1. The zero-order valence-electron chi connectivity index (χ0n) is 20.7. The Hall–Kier alpha value is -2.28. The van der Waals surface area contributed by atoms with Crippen LogP contribution >= 0.6 is 23.2 Å². The zero-order chi connectivity index (χ0) is 25.5. The molecule has 2 aromatic carbocycles. The van der Waals surface area contributed by atoms with Gasteiger partial charge in [-0.3, -0.25) is 4.79 Å². The second-order valence-electron chi connectivity index (χ2n) is 10.2. The lowest BCUT2D eigenvalue weighted by atomic mass is 9.88. The largest absolute Gasteiger partial charge is 0.370 e. The molecule has 36 heavy (non-hydrogen) atoms. The fourth-order valence-electron chi connectivity index (χ4n) is 5.38. The van der Waals surface area contributed by atoms with E-state index in [-0.39, 0.29) is 24.3 Å². The second kappa shape index (κ2) is 12.8. The molecule has 1 amide bonds. The maximum absolute atomic E-state index is 11.9. The summed E-state index contributed by atoms with van der Waals surface area (Å²) in [6.45, 7) is 0. The first kappa shape index (κ1) is 26.8. The molecule has 2 aliphatic carbocycles. The third-order valence-corrected chi connectivity index (χ3v) is 7.82. The lowest BCUT2D eigenvalue weighted by molar-refractivity contribution is -0.118. The van der Waals surface area contributed by atoms with Crippen LogP contribution < -0.4 is 22.1 Å². The fourth-order valence-corrected chi connectivity index (χ4v) is 5.92. The molecule has 8 heteroatoms. The minimum absolute atomic E-state index is 0.159. The smallest absolute Gasteiger partial charge is 0.218 e. The number of amides is 1. The summed E-state index contributed by atoms with van der Waals surface area (Å²) < 4.78 is 0. The van der Waals surface area contributed by atoms with Crippen LogP contribution in [-0.2, 0) is 4.79 Å². The Labute approximate surface area is 224 Å². The molecule has 2 aliphatic rings. The van der Waals surface area contributed by atoms with Crippen molar-refractivity contribution in [1.82, 2.24) is 5.32 Å². The lowest BCUT2D eigenvalue weighted by Crippen LogP contribution is -2.45. The number of benzene rings is 2. The molecule has 2 fully saturated rings. The number of nitrogens with two attached hydrogens (primary N) is 2. The van der Waals surface area contributed by atoms with Gasteiger partial charge in [0.2, 0.25) is 5.91 Å². The molecule has 194 valence electrons. The van der Waals surface area contributed by atoms with Gasteiger partial charge in [0.05, 0.1) is 6.04 Å². The SMILES string of the molecule is NC(=O)CC(c1ccc(N/C(=N\C2CCCCC2)NC2CCCC(N)C2)cc1)c1ccc(Cl)cc1Cl.